The molecule has 6 nitrogen and oxygen atoms in total. The zero-order valence-corrected chi connectivity index (χ0v) is 13.6. The minimum absolute atomic E-state index is 0.202. The van der Waals surface area contributed by atoms with Gasteiger partial charge in [0.05, 0.1) is 22.8 Å². The van der Waals surface area contributed by atoms with Crippen molar-refractivity contribution in [3.8, 4) is 5.75 Å². The van der Waals surface area contributed by atoms with Crippen molar-refractivity contribution in [2.45, 2.75) is 4.90 Å². The lowest BCUT2D eigenvalue weighted by atomic mass is 10.3. The lowest BCUT2D eigenvalue weighted by Gasteiger charge is -2.31. The first-order chi connectivity index (χ1) is 10.0. The Kier molecular flexibility index (Phi) is 3.87. The molecule has 0 bridgehead atoms. The first-order valence-electron chi connectivity index (χ1n) is 6.62. The number of hydrogen-bond acceptors (Lipinski definition) is 6. The molecule has 0 spiro atoms. The largest absolute Gasteiger partial charge is 0.495 e. The number of aromatic nitrogens is 1. The van der Waals surface area contributed by atoms with Gasteiger partial charge in [-0.15, -0.1) is 11.3 Å². The number of likely N-dealkylation sites (N-methyl/N-ethyl adjacent to an activating group) is 1. The quantitative estimate of drug-likeness (QED) is 0.849. The minimum Gasteiger partial charge on any atom is -0.495 e. The molecule has 1 aromatic heterocycles. The predicted molar refractivity (Wildman–Crippen MR) is 82.4 cm³/mol. The molecule has 0 aliphatic carbocycles. The molecular weight excluding hydrogens is 310 g/mol. The number of hydrogen-bond donors (Lipinski definition) is 0. The third kappa shape index (κ3) is 2.64. The fourth-order valence-electron chi connectivity index (χ4n) is 2.39. The standard InChI is InChI=1S/C13H17N3O3S2/c1-15-3-5-16(6-4-15)21(17,18)13-7-10-12(20-9-14-10)8-11(13)19-2/h7-9H,3-6H2,1-2H3. The molecule has 2 heterocycles. The van der Waals surface area contributed by atoms with Crippen LogP contribution in [0.1, 0.15) is 0 Å². The Morgan fingerprint density at radius 2 is 1.95 bits per heavy atom. The molecule has 0 saturated carbocycles. The highest BCUT2D eigenvalue weighted by Gasteiger charge is 2.30. The number of rotatable bonds is 3. The number of methoxy groups -OCH3 is 1. The molecule has 1 aliphatic rings. The lowest BCUT2D eigenvalue weighted by molar-refractivity contribution is 0.222. The molecule has 0 N–H and O–H groups in total. The fraction of sp³-hybridized carbons (Fsp3) is 0.462. The lowest BCUT2D eigenvalue weighted by Crippen LogP contribution is -2.47. The predicted octanol–water partition coefficient (Wildman–Crippen LogP) is 1.24. The SMILES string of the molecule is COc1cc2scnc2cc1S(=O)(=O)N1CCN(C)CC1. The monoisotopic (exact) mass is 327 g/mol. The summed E-state index contributed by atoms with van der Waals surface area (Å²) in [5.74, 6) is 0.380. The molecular formula is C13H17N3O3S2. The molecule has 0 radical (unpaired) electrons. The molecule has 1 saturated heterocycles. The molecule has 2 aromatic rings. The van der Waals surface area contributed by atoms with Gasteiger partial charge in [0.25, 0.3) is 0 Å². The Bertz CT molecular complexity index is 749. The number of ether oxygens (including phenoxy) is 1. The molecule has 0 amide bonds. The van der Waals surface area contributed by atoms with Crippen LogP contribution in [0.4, 0.5) is 0 Å². The van der Waals surface area contributed by atoms with Crippen molar-refractivity contribution in [3.05, 3.63) is 17.6 Å². The molecule has 3 rings (SSSR count). The first-order valence-corrected chi connectivity index (χ1v) is 8.94. The summed E-state index contributed by atoms with van der Waals surface area (Å²) in [6.45, 7) is 2.47. The van der Waals surface area contributed by atoms with E-state index in [4.69, 9.17) is 4.74 Å². The van der Waals surface area contributed by atoms with Crippen molar-refractivity contribution in [1.29, 1.82) is 0 Å². The van der Waals surface area contributed by atoms with E-state index in [1.54, 1.807) is 17.6 Å². The maximum absolute atomic E-state index is 12.8. The van der Waals surface area contributed by atoms with E-state index in [2.05, 4.69) is 9.88 Å². The minimum atomic E-state index is -3.55. The summed E-state index contributed by atoms with van der Waals surface area (Å²) in [6.07, 6.45) is 0. The van der Waals surface area contributed by atoms with E-state index in [0.717, 1.165) is 17.8 Å². The van der Waals surface area contributed by atoms with Crippen LogP contribution >= 0.6 is 11.3 Å². The zero-order valence-electron chi connectivity index (χ0n) is 11.9. The number of benzene rings is 1. The third-order valence-corrected chi connectivity index (χ3v) is 6.41. The highest BCUT2D eigenvalue weighted by molar-refractivity contribution is 7.89. The van der Waals surface area contributed by atoms with Crippen LogP contribution in [0, 0.1) is 0 Å². The Labute approximate surface area is 128 Å². The molecule has 0 atom stereocenters. The second kappa shape index (κ2) is 5.53. The van der Waals surface area contributed by atoms with Gasteiger partial charge in [-0.3, -0.25) is 0 Å². The number of fused-ring (bicyclic) bond motifs is 1. The van der Waals surface area contributed by atoms with Gasteiger partial charge in [0.2, 0.25) is 10.0 Å². The van der Waals surface area contributed by atoms with E-state index in [-0.39, 0.29) is 4.90 Å². The molecule has 1 aromatic carbocycles. The average Bonchev–Trinajstić information content (AvgIpc) is 2.93. The van der Waals surface area contributed by atoms with E-state index in [0.29, 0.717) is 24.4 Å². The topological polar surface area (TPSA) is 62.7 Å². The Morgan fingerprint density at radius 1 is 1.24 bits per heavy atom. The van der Waals surface area contributed by atoms with Crippen LogP contribution in [0.15, 0.2) is 22.5 Å². The summed E-state index contributed by atoms with van der Waals surface area (Å²) in [5.41, 5.74) is 2.39. The summed E-state index contributed by atoms with van der Waals surface area (Å²) < 4.78 is 33.4. The van der Waals surface area contributed by atoms with Crippen molar-refractivity contribution in [2.24, 2.45) is 0 Å². The van der Waals surface area contributed by atoms with Crippen molar-refractivity contribution in [2.75, 3.05) is 40.3 Å². The van der Waals surface area contributed by atoms with Crippen LogP contribution in [0.25, 0.3) is 10.2 Å². The maximum atomic E-state index is 12.8. The van der Waals surface area contributed by atoms with Crippen molar-refractivity contribution in [3.63, 3.8) is 0 Å². The Balaban J connectivity index is 2.05. The van der Waals surface area contributed by atoms with Gasteiger partial charge in [0, 0.05) is 32.2 Å². The maximum Gasteiger partial charge on any atom is 0.246 e. The summed E-state index contributed by atoms with van der Waals surface area (Å²) in [6, 6.07) is 3.36. The Morgan fingerprint density at radius 3 is 2.62 bits per heavy atom. The van der Waals surface area contributed by atoms with Gasteiger partial charge in [-0.05, 0) is 13.1 Å². The molecule has 21 heavy (non-hydrogen) atoms. The average molecular weight is 327 g/mol. The van der Waals surface area contributed by atoms with Gasteiger partial charge in [0.1, 0.15) is 10.6 Å². The zero-order chi connectivity index (χ0) is 15.0. The van der Waals surface area contributed by atoms with Gasteiger partial charge >= 0.3 is 0 Å². The van der Waals surface area contributed by atoms with Crippen LogP contribution in [0.2, 0.25) is 0 Å². The summed E-state index contributed by atoms with van der Waals surface area (Å²) >= 11 is 1.47. The number of sulfonamides is 1. The number of thiazole rings is 1. The van der Waals surface area contributed by atoms with Gasteiger partial charge < -0.3 is 9.64 Å². The van der Waals surface area contributed by atoms with Crippen molar-refractivity contribution >= 4 is 31.6 Å². The molecule has 114 valence electrons. The van der Waals surface area contributed by atoms with E-state index >= 15 is 0 Å². The second-order valence-electron chi connectivity index (χ2n) is 5.03. The smallest absolute Gasteiger partial charge is 0.246 e. The Hall–Kier alpha value is -1.22. The molecule has 1 fully saturated rings. The second-order valence-corrected chi connectivity index (χ2v) is 7.82. The van der Waals surface area contributed by atoms with E-state index in [9.17, 15) is 8.42 Å². The van der Waals surface area contributed by atoms with Crippen molar-refractivity contribution in [1.82, 2.24) is 14.2 Å². The normalized spacial score (nSPS) is 18.2. The molecule has 1 aliphatic heterocycles. The van der Waals surface area contributed by atoms with Crippen LogP contribution in [0.5, 0.6) is 5.75 Å². The molecule has 8 heteroatoms. The molecule has 0 unspecified atom stereocenters. The highest BCUT2D eigenvalue weighted by Crippen LogP contribution is 2.33. The number of nitrogens with zero attached hydrogens (tertiary/aromatic N) is 3. The van der Waals surface area contributed by atoms with Gasteiger partial charge in [-0.1, -0.05) is 0 Å². The van der Waals surface area contributed by atoms with Gasteiger partial charge in [-0.25, -0.2) is 13.4 Å². The van der Waals surface area contributed by atoms with Crippen LogP contribution in [-0.2, 0) is 10.0 Å². The highest BCUT2D eigenvalue weighted by atomic mass is 32.2. The summed E-state index contributed by atoms with van der Waals surface area (Å²) in [4.78, 5) is 6.52. The number of piperazine rings is 1. The summed E-state index contributed by atoms with van der Waals surface area (Å²) in [7, 11) is -0.0681. The summed E-state index contributed by atoms with van der Waals surface area (Å²) in [5, 5.41) is 0. The van der Waals surface area contributed by atoms with Gasteiger partial charge in [-0.2, -0.15) is 4.31 Å². The van der Waals surface area contributed by atoms with E-state index < -0.39 is 10.0 Å². The van der Waals surface area contributed by atoms with Crippen molar-refractivity contribution < 1.29 is 13.2 Å². The first kappa shape index (κ1) is 14.7. The van der Waals surface area contributed by atoms with Crippen LogP contribution < -0.4 is 4.74 Å². The van der Waals surface area contributed by atoms with Crippen LogP contribution in [0.3, 0.4) is 0 Å². The van der Waals surface area contributed by atoms with Crippen LogP contribution in [-0.4, -0.2) is 62.9 Å². The van der Waals surface area contributed by atoms with E-state index in [1.165, 1.54) is 22.8 Å². The van der Waals surface area contributed by atoms with Gasteiger partial charge in [0.15, 0.2) is 0 Å². The third-order valence-electron chi connectivity index (χ3n) is 3.70. The fourth-order valence-corrected chi connectivity index (χ4v) is 4.66. The van der Waals surface area contributed by atoms with E-state index in [1.807, 2.05) is 7.05 Å².